The van der Waals surface area contributed by atoms with Gasteiger partial charge in [-0.25, -0.2) is 4.79 Å². The maximum atomic E-state index is 12.5. The molecule has 0 aliphatic heterocycles. The maximum absolute atomic E-state index is 12.5. The second kappa shape index (κ2) is 12.8. The largest absolute Gasteiger partial charge is 0.489 e. The normalized spacial score (nSPS) is 11.9. The number of hydrogen-bond acceptors (Lipinski definition) is 7. The van der Waals surface area contributed by atoms with Crippen LogP contribution in [0.15, 0.2) is 61.2 Å². The monoisotopic (exact) mass is 480 g/mol. The number of rotatable bonds is 12. The molecule has 0 radical (unpaired) electrons. The lowest BCUT2D eigenvalue weighted by Gasteiger charge is -2.26. The van der Waals surface area contributed by atoms with Crippen LogP contribution in [0, 0.1) is 0 Å². The fourth-order valence-corrected chi connectivity index (χ4v) is 2.74. The van der Waals surface area contributed by atoms with Crippen molar-refractivity contribution in [3.8, 4) is 5.75 Å². The van der Waals surface area contributed by atoms with Crippen LogP contribution in [0.2, 0.25) is 0 Å². The highest BCUT2D eigenvalue weighted by Gasteiger charge is 2.24. The van der Waals surface area contributed by atoms with Crippen LogP contribution in [0.1, 0.15) is 20.8 Å². The van der Waals surface area contributed by atoms with Crippen molar-refractivity contribution in [3.63, 3.8) is 0 Å². The number of nitrogens with zero attached hydrogens (tertiary/aromatic N) is 1. The summed E-state index contributed by atoms with van der Waals surface area (Å²) in [6, 6.07) is 6.69. The van der Waals surface area contributed by atoms with Gasteiger partial charge in [-0.05, 0) is 50.6 Å². The van der Waals surface area contributed by atoms with Gasteiger partial charge in [-0.1, -0.05) is 31.4 Å². The van der Waals surface area contributed by atoms with Crippen LogP contribution in [0.5, 0.6) is 5.75 Å². The molecule has 0 heterocycles. The molecule has 10 heteroatoms. The van der Waals surface area contributed by atoms with Crippen molar-refractivity contribution in [2.45, 2.75) is 26.4 Å². The third-order valence-corrected chi connectivity index (χ3v) is 4.38. The van der Waals surface area contributed by atoms with E-state index in [1.54, 1.807) is 63.3 Å². The van der Waals surface area contributed by atoms with Gasteiger partial charge in [0.15, 0.2) is 0 Å². The molecule has 0 saturated carbocycles. The summed E-state index contributed by atoms with van der Waals surface area (Å²) in [7, 11) is -3.68. The lowest BCUT2D eigenvalue weighted by Crippen LogP contribution is -2.43. The predicted molar refractivity (Wildman–Crippen MR) is 128 cm³/mol. The molecule has 0 bridgehead atoms. The fourth-order valence-electron chi connectivity index (χ4n) is 2.36. The van der Waals surface area contributed by atoms with Gasteiger partial charge in [-0.3, -0.25) is 13.9 Å². The molecule has 0 saturated heterocycles. The average Bonchev–Trinajstić information content (AvgIpc) is 2.69. The molecule has 2 amide bonds. The number of anilines is 1. The summed E-state index contributed by atoms with van der Waals surface area (Å²) in [5.74, 6) is 0.106. The van der Waals surface area contributed by atoms with Gasteiger partial charge in [-0.15, -0.1) is 0 Å². The Morgan fingerprint density at radius 3 is 2.30 bits per heavy atom. The number of nitrogens with one attached hydrogen (secondary N) is 1. The third kappa shape index (κ3) is 12.5. The van der Waals surface area contributed by atoms with Crippen LogP contribution in [-0.4, -0.2) is 63.5 Å². The lowest BCUT2D eigenvalue weighted by molar-refractivity contribution is -0.117. The fraction of sp³-hybridized carbons (Fsp3) is 0.391. The van der Waals surface area contributed by atoms with Crippen molar-refractivity contribution in [1.29, 1.82) is 0 Å². The number of carbonyl (C=O) groups excluding carboxylic acids is 2. The number of ether oxygens (including phenoxy) is 2. The first-order valence-electron chi connectivity index (χ1n) is 10.1. The van der Waals surface area contributed by atoms with Crippen LogP contribution >= 0.6 is 0 Å². The van der Waals surface area contributed by atoms with Gasteiger partial charge in [0.1, 0.15) is 24.5 Å². The molecule has 33 heavy (non-hydrogen) atoms. The molecule has 0 aliphatic carbocycles. The Labute approximate surface area is 195 Å². The van der Waals surface area contributed by atoms with Crippen LogP contribution in [0.25, 0.3) is 0 Å². The predicted octanol–water partition coefficient (Wildman–Crippen LogP) is 3.52. The molecule has 0 unspecified atom stereocenters. The smallest absolute Gasteiger partial charge is 0.410 e. The van der Waals surface area contributed by atoms with Crippen LogP contribution < -0.4 is 10.1 Å². The van der Waals surface area contributed by atoms with E-state index in [0.717, 1.165) is 16.7 Å². The van der Waals surface area contributed by atoms with Crippen LogP contribution in [0.3, 0.4) is 0 Å². The molecule has 0 atom stereocenters. The highest BCUT2D eigenvalue weighted by Crippen LogP contribution is 2.17. The minimum atomic E-state index is -3.68. The van der Waals surface area contributed by atoms with Crippen molar-refractivity contribution >= 4 is 27.8 Å². The molecule has 9 nitrogen and oxygen atoms in total. The highest BCUT2D eigenvalue weighted by molar-refractivity contribution is 7.85. The minimum Gasteiger partial charge on any atom is -0.489 e. The van der Waals surface area contributed by atoms with E-state index in [1.165, 1.54) is 0 Å². The Morgan fingerprint density at radius 1 is 1.15 bits per heavy atom. The molecule has 182 valence electrons. The molecular formula is C23H32N2O7S. The van der Waals surface area contributed by atoms with Gasteiger partial charge in [0.2, 0.25) is 5.91 Å². The summed E-state index contributed by atoms with van der Waals surface area (Å²) in [5.41, 5.74) is 0.574. The summed E-state index contributed by atoms with van der Waals surface area (Å²) in [4.78, 5) is 26.0. The van der Waals surface area contributed by atoms with E-state index >= 15 is 0 Å². The quantitative estimate of drug-likeness (QED) is 0.360. The molecular weight excluding hydrogens is 448 g/mol. The van der Waals surface area contributed by atoms with Crippen molar-refractivity contribution in [2.24, 2.45) is 0 Å². The summed E-state index contributed by atoms with van der Waals surface area (Å²) in [6.07, 6.45) is 5.25. The Bertz CT molecular complexity index is 962. The van der Waals surface area contributed by atoms with E-state index in [9.17, 15) is 18.0 Å². The second-order valence-electron chi connectivity index (χ2n) is 7.97. The zero-order valence-corrected chi connectivity index (χ0v) is 20.3. The Balaban J connectivity index is 2.74. The minimum absolute atomic E-state index is 0.147. The molecule has 0 spiro atoms. The Kier molecular flexibility index (Phi) is 10.8. The van der Waals surface area contributed by atoms with Crippen molar-refractivity contribution in [1.82, 2.24) is 4.90 Å². The van der Waals surface area contributed by atoms with E-state index in [0.29, 0.717) is 18.0 Å². The van der Waals surface area contributed by atoms with Gasteiger partial charge < -0.3 is 14.8 Å². The first-order valence-corrected chi connectivity index (χ1v) is 11.9. The molecule has 1 aromatic rings. The molecule has 0 aliphatic rings. The number of benzene rings is 1. The Hall–Kier alpha value is -3.11. The van der Waals surface area contributed by atoms with Gasteiger partial charge >= 0.3 is 6.09 Å². The second-order valence-corrected chi connectivity index (χ2v) is 9.61. The van der Waals surface area contributed by atoms with Gasteiger partial charge in [-0.2, -0.15) is 8.42 Å². The zero-order valence-electron chi connectivity index (χ0n) is 19.5. The zero-order chi connectivity index (χ0) is 25.1. The van der Waals surface area contributed by atoms with E-state index in [4.69, 9.17) is 9.47 Å². The van der Waals surface area contributed by atoms with Gasteiger partial charge in [0.05, 0.1) is 12.9 Å². The van der Waals surface area contributed by atoms with E-state index in [1.807, 2.05) is 0 Å². The van der Waals surface area contributed by atoms with E-state index in [2.05, 4.69) is 22.7 Å². The molecule has 1 rings (SSSR count). The molecule has 0 fully saturated rings. The van der Waals surface area contributed by atoms with Gasteiger partial charge in [0.25, 0.3) is 10.1 Å². The maximum Gasteiger partial charge on any atom is 0.410 e. The molecule has 1 N–H and O–H groups in total. The lowest BCUT2D eigenvalue weighted by atomic mass is 10.2. The Morgan fingerprint density at radius 2 is 1.79 bits per heavy atom. The number of allylic oxidation sites excluding steroid dienone is 2. The summed E-state index contributed by atoms with van der Waals surface area (Å²) >= 11 is 0. The highest BCUT2D eigenvalue weighted by atomic mass is 32.2. The number of carbonyl (C=O) groups is 2. The van der Waals surface area contributed by atoms with Crippen LogP contribution in [-0.2, 0) is 23.8 Å². The molecule has 1 aromatic carbocycles. The number of hydrogen-bond donors (Lipinski definition) is 1. The standard InChI is InChI=1S/C23H32N2O7S/c1-7-9-18(8-2)17-30-20-12-10-19(11-13-20)24-21(26)16-25(14-15-31-33(6,28)29)22(27)32-23(3,4)5/h7-13H,1-2,14-17H2,3-6H3,(H,24,26)/b18-9+. The number of amides is 2. The van der Waals surface area contributed by atoms with Crippen molar-refractivity contribution in [2.75, 3.05) is 37.9 Å². The SMILES string of the molecule is C=C/C=C(\C=C)COc1ccc(NC(=O)CN(CCOS(C)(=O)=O)C(=O)OC(C)(C)C)cc1. The first-order chi connectivity index (χ1) is 15.3. The van der Waals surface area contributed by atoms with E-state index < -0.39 is 27.7 Å². The van der Waals surface area contributed by atoms with Gasteiger partial charge in [0, 0.05) is 12.2 Å². The average molecular weight is 481 g/mol. The van der Waals surface area contributed by atoms with Crippen molar-refractivity contribution < 1.29 is 31.7 Å². The topological polar surface area (TPSA) is 111 Å². The van der Waals surface area contributed by atoms with Crippen molar-refractivity contribution in [3.05, 3.63) is 61.2 Å². The summed E-state index contributed by atoms with van der Waals surface area (Å²) < 4.78 is 38.0. The van der Waals surface area contributed by atoms with Crippen LogP contribution in [0.4, 0.5) is 10.5 Å². The van der Waals surface area contributed by atoms with E-state index in [-0.39, 0.29) is 19.7 Å². The third-order valence-electron chi connectivity index (χ3n) is 3.78. The first kappa shape index (κ1) is 27.9. The summed E-state index contributed by atoms with van der Waals surface area (Å²) in [6.45, 7) is 11.9. The summed E-state index contributed by atoms with van der Waals surface area (Å²) in [5, 5.41) is 2.68. The molecule has 0 aromatic heterocycles.